The molecule has 10 nitrogen and oxygen atoms in total. The van der Waals surface area contributed by atoms with E-state index in [1.165, 1.54) is 0 Å². The number of nitrogens with two attached hydrogens (primary N) is 2. The SMILES string of the molecule is CCCC(CCCc1cc(N)n2ncc(-c3cnn(-c4ccccc4)c3)c2n1)(OCCOC)C(=N)N. The van der Waals surface area contributed by atoms with Crippen LogP contribution in [0.4, 0.5) is 5.82 Å². The molecule has 0 aliphatic heterocycles. The third kappa shape index (κ3) is 5.39. The lowest BCUT2D eigenvalue weighted by Crippen LogP contribution is -2.46. The summed E-state index contributed by atoms with van der Waals surface area (Å²) in [6.45, 7) is 2.91. The molecule has 4 rings (SSSR count). The van der Waals surface area contributed by atoms with E-state index in [0.717, 1.165) is 35.3 Å². The first-order chi connectivity index (χ1) is 17.5. The van der Waals surface area contributed by atoms with E-state index in [9.17, 15) is 0 Å². The molecule has 1 atom stereocenters. The van der Waals surface area contributed by atoms with Gasteiger partial charge in [0.25, 0.3) is 0 Å². The molecular formula is C26H34N8O2. The van der Waals surface area contributed by atoms with E-state index in [-0.39, 0.29) is 5.84 Å². The highest BCUT2D eigenvalue weighted by Crippen LogP contribution is 2.28. The molecule has 0 saturated heterocycles. The third-order valence-corrected chi connectivity index (χ3v) is 6.29. The normalized spacial score (nSPS) is 13.2. The van der Waals surface area contributed by atoms with Crippen molar-refractivity contribution in [3.05, 3.63) is 60.7 Å². The smallest absolute Gasteiger partial charge is 0.165 e. The number of amidine groups is 1. The van der Waals surface area contributed by atoms with Crippen molar-refractivity contribution >= 4 is 17.3 Å². The van der Waals surface area contributed by atoms with Crippen molar-refractivity contribution in [2.24, 2.45) is 5.73 Å². The summed E-state index contributed by atoms with van der Waals surface area (Å²) < 4.78 is 14.6. The highest BCUT2D eigenvalue weighted by atomic mass is 16.5. The van der Waals surface area contributed by atoms with Crippen molar-refractivity contribution in [1.82, 2.24) is 24.4 Å². The van der Waals surface area contributed by atoms with Crippen LogP contribution in [0.1, 0.15) is 38.3 Å². The van der Waals surface area contributed by atoms with Crippen LogP contribution in [-0.2, 0) is 15.9 Å². The monoisotopic (exact) mass is 490 g/mol. The molecule has 3 aromatic heterocycles. The molecule has 4 aromatic rings. The van der Waals surface area contributed by atoms with Gasteiger partial charge in [-0.05, 0) is 37.8 Å². The second kappa shape index (κ2) is 11.3. The van der Waals surface area contributed by atoms with Gasteiger partial charge < -0.3 is 20.9 Å². The van der Waals surface area contributed by atoms with Crippen molar-refractivity contribution < 1.29 is 9.47 Å². The van der Waals surface area contributed by atoms with Crippen LogP contribution >= 0.6 is 0 Å². The summed E-state index contributed by atoms with van der Waals surface area (Å²) in [6, 6.07) is 11.8. The molecule has 190 valence electrons. The fraction of sp³-hybridized carbons (Fsp3) is 0.385. The van der Waals surface area contributed by atoms with E-state index in [1.807, 2.05) is 47.3 Å². The fourth-order valence-electron chi connectivity index (χ4n) is 4.45. The van der Waals surface area contributed by atoms with Crippen molar-refractivity contribution in [3.63, 3.8) is 0 Å². The molecule has 0 aliphatic rings. The molecule has 1 unspecified atom stereocenters. The molecule has 0 aliphatic carbocycles. The number of nitrogens with one attached hydrogen (secondary N) is 1. The number of ether oxygens (including phenoxy) is 2. The zero-order valence-corrected chi connectivity index (χ0v) is 20.9. The number of rotatable bonds is 13. The minimum Gasteiger partial charge on any atom is -0.385 e. The summed E-state index contributed by atoms with van der Waals surface area (Å²) in [7, 11) is 1.63. The summed E-state index contributed by atoms with van der Waals surface area (Å²) >= 11 is 0. The summed E-state index contributed by atoms with van der Waals surface area (Å²) in [5, 5.41) is 17.1. The summed E-state index contributed by atoms with van der Waals surface area (Å²) in [5.74, 6) is 0.566. The quantitative estimate of drug-likeness (QED) is 0.148. The van der Waals surface area contributed by atoms with Crippen LogP contribution in [-0.4, -0.2) is 56.1 Å². The first-order valence-electron chi connectivity index (χ1n) is 12.2. The van der Waals surface area contributed by atoms with Crippen LogP contribution in [0, 0.1) is 5.41 Å². The zero-order chi connectivity index (χ0) is 25.5. The number of benzene rings is 1. The average molecular weight is 491 g/mol. The first kappa shape index (κ1) is 25.3. The minimum atomic E-state index is -0.795. The topological polar surface area (TPSA) is 142 Å². The lowest BCUT2D eigenvalue weighted by molar-refractivity contribution is -0.0306. The molecule has 0 radical (unpaired) electrons. The number of aryl methyl sites for hydroxylation is 1. The van der Waals surface area contributed by atoms with Gasteiger partial charge in [0.1, 0.15) is 17.3 Å². The molecular weight excluding hydrogens is 456 g/mol. The van der Waals surface area contributed by atoms with Crippen LogP contribution in [0.5, 0.6) is 0 Å². The number of aromatic nitrogens is 5. The second-order valence-corrected chi connectivity index (χ2v) is 8.83. The van der Waals surface area contributed by atoms with Gasteiger partial charge in [-0.25, -0.2) is 9.67 Å². The van der Waals surface area contributed by atoms with Gasteiger partial charge in [0, 0.05) is 36.2 Å². The summed E-state index contributed by atoms with van der Waals surface area (Å²) in [4.78, 5) is 4.88. The van der Waals surface area contributed by atoms with Crippen molar-refractivity contribution in [2.45, 2.75) is 44.6 Å². The summed E-state index contributed by atoms with van der Waals surface area (Å²) in [5.41, 5.74) is 15.8. The number of para-hydroxylation sites is 1. The van der Waals surface area contributed by atoms with Crippen molar-refractivity contribution in [1.29, 1.82) is 5.41 Å². The van der Waals surface area contributed by atoms with Gasteiger partial charge in [-0.1, -0.05) is 31.5 Å². The molecule has 5 N–H and O–H groups in total. The Morgan fingerprint density at radius 2 is 1.92 bits per heavy atom. The van der Waals surface area contributed by atoms with Gasteiger partial charge in [0.2, 0.25) is 0 Å². The highest BCUT2D eigenvalue weighted by molar-refractivity contribution is 5.86. The number of hydrogen-bond acceptors (Lipinski definition) is 7. The molecule has 0 bridgehead atoms. The lowest BCUT2D eigenvalue weighted by atomic mass is 9.89. The number of nitrogen functional groups attached to an aromatic ring is 1. The van der Waals surface area contributed by atoms with Gasteiger partial charge >= 0.3 is 0 Å². The van der Waals surface area contributed by atoms with Gasteiger partial charge in [-0.15, -0.1) is 0 Å². The zero-order valence-electron chi connectivity index (χ0n) is 20.9. The molecule has 1 aromatic carbocycles. The average Bonchev–Trinajstić information content (AvgIpc) is 3.52. The maximum absolute atomic E-state index is 8.19. The number of fused-ring (bicyclic) bond motifs is 1. The Kier molecular flexibility index (Phi) is 7.97. The lowest BCUT2D eigenvalue weighted by Gasteiger charge is -2.32. The Hall–Kier alpha value is -3.76. The fourth-order valence-corrected chi connectivity index (χ4v) is 4.45. The number of anilines is 1. The predicted molar refractivity (Wildman–Crippen MR) is 140 cm³/mol. The Bertz CT molecular complexity index is 1300. The van der Waals surface area contributed by atoms with E-state index in [2.05, 4.69) is 17.1 Å². The molecule has 0 fully saturated rings. The Balaban J connectivity index is 1.54. The van der Waals surface area contributed by atoms with Crippen LogP contribution in [0.2, 0.25) is 0 Å². The van der Waals surface area contributed by atoms with Gasteiger partial charge in [-0.2, -0.15) is 14.7 Å². The van der Waals surface area contributed by atoms with E-state index < -0.39 is 5.60 Å². The van der Waals surface area contributed by atoms with E-state index in [4.69, 9.17) is 31.3 Å². The number of nitrogens with zero attached hydrogens (tertiary/aromatic N) is 5. The standard InChI is InChI=1S/C26H34N8O2/c1-3-11-26(25(28)29,36-14-13-35-2)12-7-8-20-15-23(27)34-24(32-20)22(17-31-34)19-16-30-33(18-19)21-9-5-4-6-10-21/h4-6,9-10,15-18H,3,7-8,11-14,27H2,1-2H3,(H3,28,29). The Labute approximate surface area is 210 Å². The largest absolute Gasteiger partial charge is 0.385 e. The third-order valence-electron chi connectivity index (χ3n) is 6.29. The van der Waals surface area contributed by atoms with E-state index in [1.54, 1.807) is 24.0 Å². The van der Waals surface area contributed by atoms with Crippen LogP contribution in [0.3, 0.4) is 0 Å². The van der Waals surface area contributed by atoms with Gasteiger partial charge in [-0.3, -0.25) is 5.41 Å². The molecule has 10 heteroatoms. The molecule has 0 saturated carbocycles. The van der Waals surface area contributed by atoms with Gasteiger partial charge in [0.05, 0.1) is 31.3 Å². The maximum Gasteiger partial charge on any atom is 0.165 e. The van der Waals surface area contributed by atoms with Gasteiger partial charge in [0.15, 0.2) is 5.65 Å². The van der Waals surface area contributed by atoms with Crippen molar-refractivity contribution in [2.75, 3.05) is 26.1 Å². The van der Waals surface area contributed by atoms with Crippen molar-refractivity contribution in [3.8, 4) is 16.8 Å². The second-order valence-electron chi connectivity index (χ2n) is 8.83. The molecule has 36 heavy (non-hydrogen) atoms. The molecule has 0 amide bonds. The van der Waals surface area contributed by atoms with Crippen LogP contribution in [0.15, 0.2) is 55.0 Å². The highest BCUT2D eigenvalue weighted by Gasteiger charge is 2.33. The molecule has 3 heterocycles. The van der Waals surface area contributed by atoms with Crippen LogP contribution in [0.25, 0.3) is 22.5 Å². The number of methoxy groups -OCH3 is 1. The Morgan fingerprint density at radius 1 is 1.11 bits per heavy atom. The minimum absolute atomic E-state index is 0.0527. The first-order valence-corrected chi connectivity index (χ1v) is 12.2. The maximum atomic E-state index is 8.19. The Morgan fingerprint density at radius 3 is 2.64 bits per heavy atom. The van der Waals surface area contributed by atoms with Crippen LogP contribution < -0.4 is 11.5 Å². The summed E-state index contributed by atoms with van der Waals surface area (Å²) in [6.07, 6.45) is 9.09. The van der Waals surface area contributed by atoms with E-state index in [0.29, 0.717) is 43.9 Å². The van der Waals surface area contributed by atoms with E-state index >= 15 is 0 Å². The number of hydrogen-bond donors (Lipinski definition) is 3. The molecule has 0 spiro atoms. The predicted octanol–water partition coefficient (Wildman–Crippen LogP) is 3.62.